The first-order chi connectivity index (χ1) is 12.4. The highest BCUT2D eigenvalue weighted by molar-refractivity contribution is 6.31. The van der Waals surface area contributed by atoms with Gasteiger partial charge in [0.05, 0.1) is 11.6 Å². The van der Waals surface area contributed by atoms with Gasteiger partial charge in [-0.1, -0.05) is 29.8 Å². The van der Waals surface area contributed by atoms with Crippen LogP contribution in [-0.2, 0) is 4.79 Å². The fraction of sp³-hybridized carbons (Fsp3) is 0.111. The van der Waals surface area contributed by atoms with Crippen LogP contribution in [-0.4, -0.2) is 11.9 Å². The number of benzene rings is 2. The van der Waals surface area contributed by atoms with E-state index in [1.54, 1.807) is 31.2 Å². The van der Waals surface area contributed by atoms with Gasteiger partial charge in [-0.2, -0.15) is 0 Å². The summed E-state index contributed by atoms with van der Waals surface area (Å²) in [5.41, 5.74) is 1.17. The maximum absolute atomic E-state index is 13.4. The van der Waals surface area contributed by atoms with Crippen LogP contribution in [0.5, 0.6) is 0 Å². The highest BCUT2D eigenvalue weighted by Gasteiger charge is 2.32. The Morgan fingerprint density at radius 3 is 2.58 bits per heavy atom. The van der Waals surface area contributed by atoms with E-state index in [-0.39, 0.29) is 11.3 Å². The maximum atomic E-state index is 13.4. The number of rotatable bonds is 3. The van der Waals surface area contributed by atoms with Crippen LogP contribution in [0.25, 0.3) is 0 Å². The Kier molecular flexibility index (Phi) is 4.90. The average molecular weight is 378 g/mol. The normalized spacial score (nSPS) is 16.8. The topological polar surface area (TPSA) is 70.2 Å². The van der Waals surface area contributed by atoms with Crippen molar-refractivity contribution >= 4 is 29.2 Å². The van der Waals surface area contributed by atoms with Crippen molar-refractivity contribution in [2.24, 2.45) is 0 Å². The molecular weight excluding hydrogens is 364 g/mol. The van der Waals surface area contributed by atoms with Gasteiger partial charge in [-0.05, 0) is 30.7 Å². The van der Waals surface area contributed by atoms with Gasteiger partial charge in [0, 0.05) is 22.5 Å². The first-order valence-electron chi connectivity index (χ1n) is 7.66. The number of halogens is 3. The van der Waals surface area contributed by atoms with E-state index < -0.39 is 29.6 Å². The highest BCUT2D eigenvalue weighted by Crippen LogP contribution is 2.32. The number of nitrogens with one attached hydrogen (secondary N) is 3. The smallest absolute Gasteiger partial charge is 0.319 e. The molecule has 0 unspecified atom stereocenters. The van der Waals surface area contributed by atoms with Crippen LogP contribution in [0.4, 0.5) is 19.3 Å². The summed E-state index contributed by atoms with van der Waals surface area (Å²) in [7, 11) is 0. The predicted octanol–water partition coefficient (Wildman–Crippen LogP) is 3.88. The molecule has 0 aliphatic carbocycles. The molecule has 2 aromatic rings. The van der Waals surface area contributed by atoms with Crippen molar-refractivity contribution in [3.63, 3.8) is 0 Å². The Morgan fingerprint density at radius 2 is 1.88 bits per heavy atom. The van der Waals surface area contributed by atoms with Gasteiger partial charge in [-0.25, -0.2) is 13.6 Å². The van der Waals surface area contributed by atoms with Crippen molar-refractivity contribution in [1.82, 2.24) is 10.6 Å². The first-order valence-corrected chi connectivity index (χ1v) is 8.03. The molecule has 134 valence electrons. The van der Waals surface area contributed by atoms with Crippen LogP contribution < -0.4 is 16.0 Å². The zero-order chi connectivity index (χ0) is 18.8. The van der Waals surface area contributed by atoms with Gasteiger partial charge >= 0.3 is 6.03 Å². The number of allylic oxidation sites excluding steroid dienone is 1. The summed E-state index contributed by atoms with van der Waals surface area (Å²) in [6.45, 7) is 1.57. The SMILES string of the molecule is CC1=C(C(=O)Nc2ccc(F)c(F)c2)[C@@H](c2ccccc2Cl)NC(=O)N1. The second-order valence-corrected chi connectivity index (χ2v) is 6.08. The van der Waals surface area contributed by atoms with E-state index in [4.69, 9.17) is 11.6 Å². The largest absolute Gasteiger partial charge is 0.327 e. The van der Waals surface area contributed by atoms with Gasteiger partial charge in [0.15, 0.2) is 11.6 Å². The third kappa shape index (κ3) is 3.52. The molecule has 0 aromatic heterocycles. The summed E-state index contributed by atoms with van der Waals surface area (Å²) in [4.78, 5) is 24.6. The standard InChI is InChI=1S/C18H14ClF2N3O2/c1-9-15(17(25)23-10-6-7-13(20)14(21)8-10)16(24-18(26)22-9)11-4-2-3-5-12(11)19/h2-8,16H,1H3,(H,23,25)(H2,22,24,26)/t16-/m1/s1. The molecule has 1 atom stereocenters. The second-order valence-electron chi connectivity index (χ2n) is 5.67. The highest BCUT2D eigenvalue weighted by atomic mass is 35.5. The van der Waals surface area contributed by atoms with Crippen LogP contribution in [0, 0.1) is 11.6 Å². The molecule has 3 amide bonds. The first kappa shape index (κ1) is 17.9. The zero-order valence-corrected chi connectivity index (χ0v) is 14.3. The molecule has 3 rings (SSSR count). The van der Waals surface area contributed by atoms with Gasteiger partial charge < -0.3 is 16.0 Å². The van der Waals surface area contributed by atoms with E-state index in [0.717, 1.165) is 12.1 Å². The lowest BCUT2D eigenvalue weighted by atomic mass is 9.94. The molecule has 5 nitrogen and oxygen atoms in total. The number of urea groups is 1. The molecule has 0 radical (unpaired) electrons. The van der Waals surface area contributed by atoms with Gasteiger partial charge in [-0.15, -0.1) is 0 Å². The van der Waals surface area contributed by atoms with E-state index in [9.17, 15) is 18.4 Å². The molecule has 0 saturated carbocycles. The van der Waals surface area contributed by atoms with E-state index >= 15 is 0 Å². The van der Waals surface area contributed by atoms with Gasteiger partial charge in [0.2, 0.25) is 0 Å². The fourth-order valence-corrected chi connectivity index (χ4v) is 2.95. The monoisotopic (exact) mass is 377 g/mol. The number of hydrogen-bond acceptors (Lipinski definition) is 2. The lowest BCUT2D eigenvalue weighted by molar-refractivity contribution is -0.113. The third-order valence-corrected chi connectivity index (χ3v) is 4.25. The van der Waals surface area contributed by atoms with E-state index in [0.29, 0.717) is 16.3 Å². The predicted molar refractivity (Wildman–Crippen MR) is 93.5 cm³/mol. The van der Waals surface area contributed by atoms with Crippen LogP contribution in [0.3, 0.4) is 0 Å². The van der Waals surface area contributed by atoms with E-state index in [1.165, 1.54) is 6.07 Å². The number of carbonyl (C=O) groups is 2. The summed E-state index contributed by atoms with van der Waals surface area (Å²) in [6, 6.07) is 8.57. The van der Waals surface area contributed by atoms with Crippen LogP contribution in [0.15, 0.2) is 53.7 Å². The molecule has 1 heterocycles. The molecule has 0 spiro atoms. The number of anilines is 1. The van der Waals surface area contributed by atoms with Crippen molar-refractivity contribution in [3.8, 4) is 0 Å². The lowest BCUT2D eigenvalue weighted by Gasteiger charge is -2.29. The van der Waals surface area contributed by atoms with Crippen molar-refractivity contribution in [2.45, 2.75) is 13.0 Å². The van der Waals surface area contributed by atoms with Crippen LogP contribution in [0.2, 0.25) is 5.02 Å². The van der Waals surface area contributed by atoms with Crippen molar-refractivity contribution in [3.05, 3.63) is 76.0 Å². The Bertz CT molecular complexity index is 930. The maximum Gasteiger partial charge on any atom is 0.319 e. The van der Waals surface area contributed by atoms with E-state index in [1.807, 2.05) is 0 Å². The third-order valence-electron chi connectivity index (χ3n) is 3.91. The minimum absolute atomic E-state index is 0.0870. The van der Waals surface area contributed by atoms with Crippen molar-refractivity contribution in [1.29, 1.82) is 0 Å². The molecule has 0 bridgehead atoms. The Hall–Kier alpha value is -2.93. The molecule has 2 aromatic carbocycles. The number of hydrogen-bond donors (Lipinski definition) is 3. The summed E-state index contributed by atoms with van der Waals surface area (Å²) in [5, 5.41) is 8.07. The summed E-state index contributed by atoms with van der Waals surface area (Å²) in [5.74, 6) is -2.67. The minimum atomic E-state index is -1.08. The Morgan fingerprint density at radius 1 is 1.15 bits per heavy atom. The van der Waals surface area contributed by atoms with Crippen molar-refractivity contribution < 1.29 is 18.4 Å². The number of amides is 3. The molecule has 0 saturated heterocycles. The second kappa shape index (κ2) is 7.13. The molecule has 3 N–H and O–H groups in total. The van der Waals surface area contributed by atoms with E-state index in [2.05, 4.69) is 16.0 Å². The number of carbonyl (C=O) groups excluding carboxylic acids is 2. The molecule has 8 heteroatoms. The molecule has 26 heavy (non-hydrogen) atoms. The fourth-order valence-electron chi connectivity index (χ4n) is 2.71. The van der Waals surface area contributed by atoms with Gasteiger partial charge in [-0.3, -0.25) is 4.79 Å². The van der Waals surface area contributed by atoms with Gasteiger partial charge in [0.25, 0.3) is 5.91 Å². The zero-order valence-electron chi connectivity index (χ0n) is 13.6. The molecule has 0 fully saturated rings. The van der Waals surface area contributed by atoms with Crippen LogP contribution >= 0.6 is 11.6 Å². The summed E-state index contributed by atoms with van der Waals surface area (Å²) < 4.78 is 26.4. The van der Waals surface area contributed by atoms with Crippen LogP contribution in [0.1, 0.15) is 18.5 Å². The quantitative estimate of drug-likeness (QED) is 0.759. The Labute approximate surface area is 153 Å². The summed E-state index contributed by atoms with van der Waals surface area (Å²) in [6.07, 6.45) is 0. The molecular formula is C18H14ClF2N3O2. The molecule has 1 aliphatic heterocycles. The Balaban J connectivity index is 1.97. The molecule has 1 aliphatic rings. The van der Waals surface area contributed by atoms with Gasteiger partial charge in [0.1, 0.15) is 0 Å². The minimum Gasteiger partial charge on any atom is -0.327 e. The summed E-state index contributed by atoms with van der Waals surface area (Å²) >= 11 is 6.20. The lowest BCUT2D eigenvalue weighted by Crippen LogP contribution is -2.46. The average Bonchev–Trinajstić information content (AvgIpc) is 2.57. The van der Waals surface area contributed by atoms with Crippen molar-refractivity contribution in [2.75, 3.05) is 5.32 Å².